The second kappa shape index (κ2) is 8.27. The zero-order chi connectivity index (χ0) is 18.5. The first-order valence-electron chi connectivity index (χ1n) is 9.03. The molecule has 0 bridgehead atoms. The molecule has 0 aliphatic carbocycles. The zero-order valence-electron chi connectivity index (χ0n) is 14.9. The van der Waals surface area contributed by atoms with Crippen molar-refractivity contribution in [2.24, 2.45) is 0 Å². The Morgan fingerprint density at radius 1 is 1.35 bits per heavy atom. The third-order valence-corrected chi connectivity index (χ3v) is 4.64. The predicted molar refractivity (Wildman–Crippen MR) is 93.7 cm³/mol. The molecule has 3 heterocycles. The average molecular weight is 360 g/mol. The number of likely N-dealkylation sites (tertiary alicyclic amines) is 1. The van der Waals surface area contributed by atoms with Crippen molar-refractivity contribution < 1.29 is 19.4 Å². The first-order valence-corrected chi connectivity index (χ1v) is 9.03. The van der Waals surface area contributed by atoms with Gasteiger partial charge in [0.15, 0.2) is 5.65 Å². The highest BCUT2D eigenvalue weighted by Crippen LogP contribution is 2.23. The minimum absolute atomic E-state index is 0.0313. The van der Waals surface area contributed by atoms with Gasteiger partial charge in [-0.15, -0.1) is 0 Å². The van der Waals surface area contributed by atoms with Gasteiger partial charge in [-0.2, -0.15) is 5.10 Å². The summed E-state index contributed by atoms with van der Waals surface area (Å²) < 4.78 is 6.60. The molecule has 1 aliphatic heterocycles. The van der Waals surface area contributed by atoms with Gasteiger partial charge >= 0.3 is 5.97 Å². The molecular weight excluding hydrogens is 336 g/mol. The fraction of sp³-hybridized carbons (Fsp3) is 0.556. The SMILES string of the molecule is CCOC(=O)C[C@@H]1CCCCN1C(=O)c1cnn2cc(CCO)cnc12. The number of aromatic nitrogens is 3. The molecule has 1 aliphatic rings. The molecule has 8 heteroatoms. The first kappa shape index (κ1) is 18.3. The fourth-order valence-corrected chi connectivity index (χ4v) is 3.37. The second-order valence-corrected chi connectivity index (χ2v) is 6.42. The third kappa shape index (κ3) is 3.85. The summed E-state index contributed by atoms with van der Waals surface area (Å²) in [6.07, 6.45) is 8.33. The molecular formula is C18H24N4O4. The smallest absolute Gasteiger partial charge is 0.307 e. The molecule has 26 heavy (non-hydrogen) atoms. The van der Waals surface area contributed by atoms with Crippen LogP contribution in [0.5, 0.6) is 0 Å². The van der Waals surface area contributed by atoms with E-state index in [1.807, 2.05) is 0 Å². The minimum Gasteiger partial charge on any atom is -0.466 e. The predicted octanol–water partition coefficient (Wildman–Crippen LogP) is 1.21. The van der Waals surface area contributed by atoms with Crippen molar-refractivity contribution in [2.75, 3.05) is 19.8 Å². The van der Waals surface area contributed by atoms with Crippen molar-refractivity contribution in [1.82, 2.24) is 19.5 Å². The number of aliphatic hydroxyl groups excluding tert-OH is 1. The van der Waals surface area contributed by atoms with Gasteiger partial charge in [0.25, 0.3) is 5.91 Å². The van der Waals surface area contributed by atoms with E-state index in [0.717, 1.165) is 24.8 Å². The summed E-state index contributed by atoms with van der Waals surface area (Å²) in [4.78, 5) is 31.0. The molecule has 2 aromatic heterocycles. The average Bonchev–Trinajstić information content (AvgIpc) is 3.05. The van der Waals surface area contributed by atoms with Crippen LogP contribution in [0.15, 0.2) is 18.6 Å². The highest BCUT2D eigenvalue weighted by Gasteiger charge is 2.31. The largest absolute Gasteiger partial charge is 0.466 e. The molecule has 1 N–H and O–H groups in total. The molecule has 1 saturated heterocycles. The molecule has 0 saturated carbocycles. The van der Waals surface area contributed by atoms with Gasteiger partial charge in [-0.05, 0) is 38.2 Å². The summed E-state index contributed by atoms with van der Waals surface area (Å²) in [5, 5.41) is 13.3. The van der Waals surface area contributed by atoms with Crippen molar-refractivity contribution >= 4 is 17.5 Å². The Morgan fingerprint density at radius 3 is 2.96 bits per heavy atom. The molecule has 0 unspecified atom stereocenters. The number of piperidine rings is 1. The van der Waals surface area contributed by atoms with Crippen LogP contribution in [0.4, 0.5) is 0 Å². The van der Waals surface area contributed by atoms with E-state index in [1.165, 1.54) is 6.20 Å². The van der Waals surface area contributed by atoms with Crippen molar-refractivity contribution in [3.05, 3.63) is 29.7 Å². The molecule has 0 spiro atoms. The number of rotatable bonds is 6. The van der Waals surface area contributed by atoms with Crippen LogP contribution in [0.3, 0.4) is 0 Å². The van der Waals surface area contributed by atoms with Crippen LogP contribution in [-0.4, -0.2) is 62.3 Å². The maximum absolute atomic E-state index is 13.1. The van der Waals surface area contributed by atoms with E-state index in [0.29, 0.717) is 30.8 Å². The number of carbonyl (C=O) groups excluding carboxylic acids is 2. The number of amides is 1. The van der Waals surface area contributed by atoms with Gasteiger partial charge in [-0.25, -0.2) is 9.50 Å². The van der Waals surface area contributed by atoms with Crippen LogP contribution in [0.25, 0.3) is 5.65 Å². The summed E-state index contributed by atoms with van der Waals surface area (Å²) in [7, 11) is 0. The summed E-state index contributed by atoms with van der Waals surface area (Å²) in [6, 6.07) is -0.154. The quantitative estimate of drug-likeness (QED) is 0.778. The van der Waals surface area contributed by atoms with Gasteiger partial charge in [-0.3, -0.25) is 9.59 Å². The van der Waals surface area contributed by atoms with E-state index >= 15 is 0 Å². The van der Waals surface area contributed by atoms with Crippen LogP contribution in [0.2, 0.25) is 0 Å². The van der Waals surface area contributed by atoms with E-state index in [2.05, 4.69) is 10.1 Å². The van der Waals surface area contributed by atoms with Gasteiger partial charge in [0.2, 0.25) is 0 Å². The van der Waals surface area contributed by atoms with Crippen molar-refractivity contribution in [3.63, 3.8) is 0 Å². The molecule has 1 amide bonds. The van der Waals surface area contributed by atoms with Crippen LogP contribution in [0, 0.1) is 0 Å². The maximum atomic E-state index is 13.1. The second-order valence-electron chi connectivity index (χ2n) is 6.42. The highest BCUT2D eigenvalue weighted by molar-refractivity contribution is 6.00. The zero-order valence-corrected chi connectivity index (χ0v) is 14.9. The van der Waals surface area contributed by atoms with Crippen molar-refractivity contribution in [1.29, 1.82) is 0 Å². The van der Waals surface area contributed by atoms with Gasteiger partial charge in [0.1, 0.15) is 5.56 Å². The molecule has 1 atom stereocenters. The van der Waals surface area contributed by atoms with Gasteiger partial charge in [0, 0.05) is 31.6 Å². The fourth-order valence-electron chi connectivity index (χ4n) is 3.37. The molecule has 2 aromatic rings. The minimum atomic E-state index is -0.274. The number of hydrogen-bond acceptors (Lipinski definition) is 6. The Balaban J connectivity index is 1.82. The Kier molecular flexibility index (Phi) is 5.82. The van der Waals surface area contributed by atoms with Crippen molar-refractivity contribution in [3.8, 4) is 0 Å². The molecule has 1 fully saturated rings. The first-order chi connectivity index (χ1) is 12.6. The maximum Gasteiger partial charge on any atom is 0.307 e. The van der Waals surface area contributed by atoms with E-state index in [4.69, 9.17) is 9.84 Å². The number of aliphatic hydroxyl groups is 1. The van der Waals surface area contributed by atoms with E-state index in [-0.39, 0.29) is 30.9 Å². The van der Waals surface area contributed by atoms with E-state index in [9.17, 15) is 9.59 Å². The van der Waals surface area contributed by atoms with Crippen LogP contribution >= 0.6 is 0 Å². The summed E-state index contributed by atoms with van der Waals surface area (Å²) >= 11 is 0. The summed E-state index contributed by atoms with van der Waals surface area (Å²) in [5.41, 5.74) is 1.76. The van der Waals surface area contributed by atoms with Crippen LogP contribution < -0.4 is 0 Å². The number of nitrogens with zero attached hydrogens (tertiary/aromatic N) is 4. The Bertz CT molecular complexity index is 789. The van der Waals surface area contributed by atoms with Gasteiger partial charge in [0.05, 0.1) is 19.2 Å². The van der Waals surface area contributed by atoms with Crippen molar-refractivity contribution in [2.45, 2.75) is 45.1 Å². The molecule has 140 valence electrons. The Hall–Kier alpha value is -2.48. The number of hydrogen-bond donors (Lipinski definition) is 1. The summed E-state index contributed by atoms with van der Waals surface area (Å²) in [5.74, 6) is -0.430. The van der Waals surface area contributed by atoms with Crippen LogP contribution in [0.1, 0.15) is 48.5 Å². The lowest BCUT2D eigenvalue weighted by Crippen LogP contribution is -2.45. The lowest BCUT2D eigenvalue weighted by molar-refractivity contribution is -0.144. The lowest BCUT2D eigenvalue weighted by atomic mass is 9.98. The molecule has 3 rings (SSSR count). The Morgan fingerprint density at radius 2 is 2.19 bits per heavy atom. The monoisotopic (exact) mass is 360 g/mol. The number of fused-ring (bicyclic) bond motifs is 1. The van der Waals surface area contributed by atoms with E-state index < -0.39 is 0 Å². The molecule has 0 radical (unpaired) electrons. The van der Waals surface area contributed by atoms with Crippen LogP contribution in [-0.2, 0) is 16.0 Å². The Labute approximate surface area is 151 Å². The topological polar surface area (TPSA) is 97.0 Å². The lowest BCUT2D eigenvalue weighted by Gasteiger charge is -2.35. The van der Waals surface area contributed by atoms with Gasteiger partial charge < -0.3 is 14.7 Å². The highest BCUT2D eigenvalue weighted by atomic mass is 16.5. The number of ether oxygens (including phenoxy) is 1. The molecule has 8 nitrogen and oxygen atoms in total. The normalized spacial score (nSPS) is 17.5. The third-order valence-electron chi connectivity index (χ3n) is 4.64. The van der Waals surface area contributed by atoms with E-state index in [1.54, 1.807) is 28.7 Å². The van der Waals surface area contributed by atoms with Gasteiger partial charge in [-0.1, -0.05) is 0 Å². The summed E-state index contributed by atoms with van der Waals surface area (Å²) in [6.45, 7) is 2.76. The standard InChI is InChI=1S/C18H24N4O4/c1-2-26-16(24)9-14-5-3-4-7-21(14)18(25)15-11-20-22-12-13(6-8-23)10-19-17(15)22/h10-12,14,23H,2-9H2,1H3/t14-/m0/s1. The number of carbonyl (C=O) groups is 2. The number of esters is 1. The molecule has 0 aromatic carbocycles.